The van der Waals surface area contributed by atoms with Gasteiger partial charge in [-0.05, 0) is 36.3 Å². The standard InChI is InChI=1S/C28H43N5O2/c1-3-5-16-28(17-21-10-7-6-8-11-21)25(34)33(26(29)31-28)19-23-14-12-22(13-15-23)18-32-20-24(9-4-2)30-27(32)35/h12-15,21,24H,3-11,16-20H2,1-2H3,(H2,29,31)(H,30,35). The highest BCUT2D eigenvalue weighted by molar-refractivity contribution is 6.06. The molecule has 7 nitrogen and oxygen atoms in total. The second kappa shape index (κ2) is 11.4. The summed E-state index contributed by atoms with van der Waals surface area (Å²) in [6.45, 7) is 6.09. The first-order valence-corrected chi connectivity index (χ1v) is 13.7. The van der Waals surface area contributed by atoms with Gasteiger partial charge in [-0.2, -0.15) is 0 Å². The van der Waals surface area contributed by atoms with Crippen LogP contribution in [0.4, 0.5) is 4.79 Å². The minimum Gasteiger partial charge on any atom is -0.369 e. The number of nitrogens with zero attached hydrogens (tertiary/aromatic N) is 3. The summed E-state index contributed by atoms with van der Waals surface area (Å²) < 4.78 is 0. The number of guanidine groups is 1. The minimum absolute atomic E-state index is 0.0144. The van der Waals surface area contributed by atoms with E-state index in [4.69, 9.17) is 10.7 Å². The van der Waals surface area contributed by atoms with E-state index in [0.717, 1.165) is 56.2 Å². The molecule has 0 radical (unpaired) electrons. The first kappa shape index (κ1) is 25.5. The second-order valence-corrected chi connectivity index (χ2v) is 10.8. The van der Waals surface area contributed by atoms with Gasteiger partial charge in [0.25, 0.3) is 5.91 Å². The molecule has 3 amide bonds. The SMILES string of the molecule is CCCCC1(CC2CCCCC2)N=C(N)N(Cc2ccc(CN3CC(CCC)NC3=O)cc2)C1=O. The van der Waals surface area contributed by atoms with Crippen LogP contribution in [0.2, 0.25) is 0 Å². The number of aliphatic imine (C=N–C) groups is 1. The maximum atomic E-state index is 13.7. The number of hydrogen-bond acceptors (Lipinski definition) is 4. The lowest BCUT2D eigenvalue weighted by molar-refractivity contribution is -0.132. The monoisotopic (exact) mass is 481 g/mol. The Kier molecular flexibility index (Phi) is 8.34. The van der Waals surface area contributed by atoms with Gasteiger partial charge in [0.15, 0.2) is 5.96 Å². The number of unbranched alkanes of at least 4 members (excludes halogenated alkanes) is 1. The Morgan fingerprint density at radius 3 is 2.37 bits per heavy atom. The predicted octanol–water partition coefficient (Wildman–Crippen LogP) is 4.94. The smallest absolute Gasteiger partial charge is 0.318 e. The van der Waals surface area contributed by atoms with E-state index in [9.17, 15) is 9.59 Å². The van der Waals surface area contributed by atoms with Crippen molar-refractivity contribution in [1.82, 2.24) is 15.1 Å². The summed E-state index contributed by atoms with van der Waals surface area (Å²) in [6, 6.07) is 8.45. The molecule has 2 aliphatic heterocycles. The fourth-order valence-corrected chi connectivity index (χ4v) is 6.03. The van der Waals surface area contributed by atoms with Gasteiger partial charge in [-0.25, -0.2) is 9.79 Å². The Morgan fingerprint density at radius 2 is 1.71 bits per heavy atom. The highest BCUT2D eigenvalue weighted by Gasteiger charge is 2.48. The van der Waals surface area contributed by atoms with E-state index in [2.05, 4.69) is 31.3 Å². The minimum atomic E-state index is -0.680. The van der Waals surface area contributed by atoms with Crippen LogP contribution in [-0.2, 0) is 17.9 Å². The Hall–Kier alpha value is -2.57. The Bertz CT molecular complexity index is 908. The van der Waals surface area contributed by atoms with Crippen molar-refractivity contribution >= 4 is 17.9 Å². The largest absolute Gasteiger partial charge is 0.369 e. The molecule has 1 saturated carbocycles. The molecule has 1 aliphatic carbocycles. The molecule has 1 aromatic rings. The summed E-state index contributed by atoms with van der Waals surface area (Å²) in [5.41, 5.74) is 7.80. The molecular weight excluding hydrogens is 438 g/mol. The molecule has 3 N–H and O–H groups in total. The maximum absolute atomic E-state index is 13.7. The topological polar surface area (TPSA) is 91.0 Å². The third kappa shape index (κ3) is 5.99. The van der Waals surface area contributed by atoms with E-state index in [1.807, 2.05) is 17.0 Å². The van der Waals surface area contributed by atoms with Gasteiger partial charge in [0.05, 0.1) is 6.54 Å². The summed E-state index contributed by atoms with van der Waals surface area (Å²) in [4.78, 5) is 34.4. The summed E-state index contributed by atoms with van der Waals surface area (Å²) >= 11 is 0. The molecule has 2 heterocycles. The van der Waals surface area contributed by atoms with Crippen LogP contribution in [0.5, 0.6) is 0 Å². The molecule has 192 valence electrons. The second-order valence-electron chi connectivity index (χ2n) is 10.8. The number of nitrogens with one attached hydrogen (secondary N) is 1. The van der Waals surface area contributed by atoms with Crippen LogP contribution in [0.1, 0.15) is 95.6 Å². The van der Waals surface area contributed by atoms with Crippen LogP contribution in [-0.4, -0.2) is 45.8 Å². The van der Waals surface area contributed by atoms with E-state index in [1.54, 1.807) is 4.90 Å². The average molecular weight is 482 g/mol. The summed E-state index contributed by atoms with van der Waals surface area (Å²) in [6.07, 6.45) is 12.0. The lowest BCUT2D eigenvalue weighted by Gasteiger charge is -2.32. The lowest BCUT2D eigenvalue weighted by atomic mass is 9.77. The van der Waals surface area contributed by atoms with Crippen molar-refractivity contribution < 1.29 is 9.59 Å². The van der Waals surface area contributed by atoms with E-state index in [0.29, 0.717) is 25.0 Å². The number of carbonyl (C=O) groups is 2. The Morgan fingerprint density at radius 1 is 1.03 bits per heavy atom. The van der Waals surface area contributed by atoms with Gasteiger partial charge >= 0.3 is 6.03 Å². The van der Waals surface area contributed by atoms with Gasteiger partial charge in [0.2, 0.25) is 0 Å². The van der Waals surface area contributed by atoms with Crippen LogP contribution in [0.3, 0.4) is 0 Å². The number of nitrogens with two attached hydrogens (primary N) is 1. The molecule has 1 saturated heterocycles. The third-order valence-corrected chi connectivity index (χ3v) is 7.97. The van der Waals surface area contributed by atoms with E-state index in [-0.39, 0.29) is 18.0 Å². The van der Waals surface area contributed by atoms with Crippen LogP contribution < -0.4 is 11.1 Å². The molecule has 3 aliphatic rings. The van der Waals surface area contributed by atoms with Crippen molar-refractivity contribution in [3.8, 4) is 0 Å². The normalized spacial score (nSPS) is 25.3. The molecule has 0 bridgehead atoms. The number of amides is 3. The summed E-state index contributed by atoms with van der Waals surface area (Å²) in [5, 5.41) is 3.06. The zero-order valence-corrected chi connectivity index (χ0v) is 21.6. The highest BCUT2D eigenvalue weighted by Crippen LogP contribution is 2.39. The van der Waals surface area contributed by atoms with Crippen LogP contribution in [0.15, 0.2) is 29.3 Å². The van der Waals surface area contributed by atoms with Gasteiger partial charge < -0.3 is 16.0 Å². The molecule has 2 atom stereocenters. The van der Waals surface area contributed by atoms with Crippen molar-refractivity contribution in [3.63, 3.8) is 0 Å². The molecule has 0 spiro atoms. The molecule has 1 aromatic carbocycles. The van der Waals surface area contributed by atoms with Crippen molar-refractivity contribution in [2.24, 2.45) is 16.6 Å². The molecule has 4 rings (SSSR count). The number of hydrogen-bond donors (Lipinski definition) is 2. The number of benzene rings is 1. The number of rotatable bonds is 11. The highest BCUT2D eigenvalue weighted by atomic mass is 16.2. The van der Waals surface area contributed by atoms with Gasteiger partial charge in [0.1, 0.15) is 5.54 Å². The quantitative estimate of drug-likeness (QED) is 0.469. The van der Waals surface area contributed by atoms with Gasteiger partial charge in [-0.15, -0.1) is 0 Å². The fraction of sp³-hybridized carbons (Fsp3) is 0.679. The number of urea groups is 1. The van der Waals surface area contributed by atoms with Gasteiger partial charge in [0, 0.05) is 19.1 Å². The molecule has 0 aromatic heterocycles. The lowest BCUT2D eigenvalue weighted by Crippen LogP contribution is -2.45. The maximum Gasteiger partial charge on any atom is 0.318 e. The first-order valence-electron chi connectivity index (χ1n) is 13.7. The zero-order valence-electron chi connectivity index (χ0n) is 21.6. The average Bonchev–Trinajstić information content (AvgIpc) is 3.31. The van der Waals surface area contributed by atoms with Crippen LogP contribution >= 0.6 is 0 Å². The zero-order chi connectivity index (χ0) is 24.8. The Labute approximate surface area is 210 Å². The van der Waals surface area contributed by atoms with Crippen molar-refractivity contribution in [2.75, 3.05) is 6.54 Å². The van der Waals surface area contributed by atoms with Gasteiger partial charge in [-0.1, -0.05) is 89.5 Å². The summed E-state index contributed by atoms with van der Waals surface area (Å²) in [7, 11) is 0. The molecule has 2 fully saturated rings. The van der Waals surface area contributed by atoms with Crippen LogP contribution in [0, 0.1) is 5.92 Å². The van der Waals surface area contributed by atoms with Crippen LogP contribution in [0.25, 0.3) is 0 Å². The van der Waals surface area contributed by atoms with E-state index in [1.165, 1.54) is 32.1 Å². The molecule has 35 heavy (non-hydrogen) atoms. The summed E-state index contributed by atoms with van der Waals surface area (Å²) in [5.74, 6) is 1.01. The molecule has 2 unspecified atom stereocenters. The number of carbonyl (C=O) groups excluding carboxylic acids is 2. The fourth-order valence-electron chi connectivity index (χ4n) is 6.03. The van der Waals surface area contributed by atoms with Crippen molar-refractivity contribution in [1.29, 1.82) is 0 Å². The van der Waals surface area contributed by atoms with Crippen molar-refractivity contribution in [3.05, 3.63) is 35.4 Å². The predicted molar refractivity (Wildman–Crippen MR) is 140 cm³/mol. The van der Waals surface area contributed by atoms with E-state index < -0.39 is 5.54 Å². The molecule has 7 heteroatoms. The molecular formula is C28H43N5O2. The van der Waals surface area contributed by atoms with E-state index >= 15 is 0 Å². The van der Waals surface area contributed by atoms with Crippen molar-refractivity contribution in [2.45, 2.75) is 109 Å². The first-order chi connectivity index (χ1) is 16.9. The van der Waals surface area contributed by atoms with Gasteiger partial charge in [-0.3, -0.25) is 9.69 Å². The third-order valence-electron chi connectivity index (χ3n) is 7.97. The Balaban J connectivity index is 1.40.